The molecule has 1 N–H and O–H groups in total. The van der Waals surface area contributed by atoms with Crippen molar-refractivity contribution in [2.45, 2.75) is 0 Å². The Labute approximate surface area is 351 Å². The third kappa shape index (κ3) is 8.96. The summed E-state index contributed by atoms with van der Waals surface area (Å²) in [5.74, 6) is -0.935. The third-order valence-corrected chi connectivity index (χ3v) is 9.60. The molecule has 0 fully saturated rings. The second kappa shape index (κ2) is 18.7. The summed E-state index contributed by atoms with van der Waals surface area (Å²) in [6.07, 6.45) is 9.31. The van der Waals surface area contributed by atoms with Gasteiger partial charge in [0.05, 0.1) is 0 Å². The molecule has 0 atom stereocenters. The number of pyridine rings is 3. The normalized spacial score (nSPS) is 10.4. The van der Waals surface area contributed by atoms with E-state index in [2.05, 4.69) is 148 Å². The molecule has 58 heavy (non-hydrogen) atoms. The molecule has 3 aromatic heterocycles. The first-order valence-electron chi connectivity index (χ1n) is 18.5. The Morgan fingerprint density at radius 2 is 0.931 bits per heavy atom. The Hall–Kier alpha value is -7.11. The molecule has 9 rings (SSSR count). The summed E-state index contributed by atoms with van der Waals surface area (Å²) in [5.41, 5.74) is 15.6. The van der Waals surface area contributed by atoms with Crippen LogP contribution in [0.25, 0.3) is 78.0 Å². The molecule has 0 saturated heterocycles. The van der Waals surface area contributed by atoms with Crippen molar-refractivity contribution in [2.24, 2.45) is 0 Å². The Morgan fingerprint density at radius 3 is 1.31 bits per heavy atom. The minimum Gasteiger partial charge on any atom is -0.521 e. The third-order valence-electron chi connectivity index (χ3n) is 9.60. The number of hydrogen-bond donors (Lipinski definition) is 1. The van der Waals surface area contributed by atoms with Crippen molar-refractivity contribution in [1.82, 2.24) is 15.0 Å². The van der Waals surface area contributed by atoms with Crippen molar-refractivity contribution < 1.29 is 30.0 Å². The summed E-state index contributed by atoms with van der Waals surface area (Å²) in [5, 5.41) is 8.35. The zero-order valence-electron chi connectivity index (χ0n) is 31.2. The van der Waals surface area contributed by atoms with Crippen molar-refractivity contribution in [1.29, 1.82) is 0 Å². The smallest absolute Gasteiger partial charge is 0.247 e. The minimum absolute atomic E-state index is 0. The number of carbonyl (C=O) groups is 1. The standard InChI is InChI=1S/C45H30N3.C7H5O2.Ir/c1-4-16-42(39(13-1)32-20-22-33(23-21-32)45-19-7-8-26-48-45)36-27-37(43-17-5-2-14-40(43)34-11-9-24-46-30-34)29-38(28-36)44-18-6-3-15-41(44)35-12-10-25-47-31-35;8-7(9)6-4-2-1-3-5-6;/h1-22,24-31H;1-4H,(H,8,9);/q2*-1;. The molecular formula is C52H35IrN3O2-2. The molecule has 0 amide bonds. The van der Waals surface area contributed by atoms with Gasteiger partial charge in [0.15, 0.2) is 0 Å². The zero-order valence-corrected chi connectivity index (χ0v) is 33.6. The molecule has 5 nitrogen and oxygen atoms in total. The Morgan fingerprint density at radius 1 is 0.448 bits per heavy atom. The number of carboxylic acids is 1. The van der Waals surface area contributed by atoms with Crippen LogP contribution in [0, 0.1) is 12.1 Å². The predicted molar refractivity (Wildman–Crippen MR) is 229 cm³/mol. The molecule has 6 heteroatoms. The van der Waals surface area contributed by atoms with Crippen molar-refractivity contribution in [3.8, 4) is 78.0 Å². The molecular weight excluding hydrogens is 891 g/mol. The molecule has 0 aliphatic rings. The van der Waals surface area contributed by atoms with Crippen molar-refractivity contribution in [3.63, 3.8) is 0 Å². The van der Waals surface area contributed by atoms with E-state index in [0.717, 1.165) is 78.0 Å². The van der Waals surface area contributed by atoms with Gasteiger partial charge in [-0.2, -0.15) is 0 Å². The van der Waals surface area contributed by atoms with Crippen LogP contribution in [-0.4, -0.2) is 26.0 Å². The van der Waals surface area contributed by atoms with Gasteiger partial charge >= 0.3 is 0 Å². The number of aromatic carboxylic acids is 1. The average molecular weight is 926 g/mol. The molecule has 0 aliphatic heterocycles. The van der Waals surface area contributed by atoms with E-state index in [1.165, 1.54) is 6.07 Å². The van der Waals surface area contributed by atoms with E-state index in [0.29, 0.717) is 0 Å². The van der Waals surface area contributed by atoms with E-state index in [4.69, 9.17) is 5.11 Å². The van der Waals surface area contributed by atoms with Gasteiger partial charge in [-0.1, -0.05) is 114 Å². The number of nitrogens with zero attached hydrogens (tertiary/aromatic N) is 3. The number of rotatable bonds is 8. The summed E-state index contributed by atoms with van der Waals surface area (Å²) in [4.78, 5) is 23.5. The van der Waals surface area contributed by atoms with Crippen LogP contribution in [-0.2, 0) is 20.1 Å². The fourth-order valence-electron chi connectivity index (χ4n) is 6.90. The number of hydrogen-bond acceptors (Lipinski definition) is 4. The summed E-state index contributed by atoms with van der Waals surface area (Å²) < 4.78 is 0. The average Bonchev–Trinajstić information content (AvgIpc) is 3.30. The van der Waals surface area contributed by atoms with Crippen LogP contribution in [0.2, 0.25) is 0 Å². The van der Waals surface area contributed by atoms with Crippen LogP contribution in [0.5, 0.6) is 0 Å². The molecule has 6 aromatic carbocycles. The van der Waals surface area contributed by atoms with Crippen LogP contribution in [0.1, 0.15) is 10.4 Å². The van der Waals surface area contributed by atoms with Crippen LogP contribution in [0.3, 0.4) is 0 Å². The molecule has 281 valence electrons. The van der Waals surface area contributed by atoms with E-state index in [1.54, 1.807) is 18.2 Å². The topological polar surface area (TPSA) is 76.0 Å². The van der Waals surface area contributed by atoms with Crippen LogP contribution >= 0.6 is 0 Å². The summed E-state index contributed by atoms with van der Waals surface area (Å²) in [6, 6.07) is 65.8. The summed E-state index contributed by atoms with van der Waals surface area (Å²) in [7, 11) is 0. The van der Waals surface area contributed by atoms with E-state index in [1.807, 2.05) is 61.3 Å². The van der Waals surface area contributed by atoms with Gasteiger partial charge in [-0.25, -0.2) is 0 Å². The Kier molecular flexibility index (Phi) is 12.6. The summed E-state index contributed by atoms with van der Waals surface area (Å²) in [6.45, 7) is 0. The largest absolute Gasteiger partial charge is 0.521 e. The second-order valence-corrected chi connectivity index (χ2v) is 13.2. The maximum Gasteiger partial charge on any atom is 0.247 e. The molecule has 3 heterocycles. The van der Waals surface area contributed by atoms with Crippen molar-refractivity contribution >= 4 is 5.97 Å². The Bertz CT molecular complexity index is 2640. The van der Waals surface area contributed by atoms with Crippen molar-refractivity contribution in [3.05, 3.63) is 225 Å². The van der Waals surface area contributed by atoms with E-state index in [9.17, 15) is 4.79 Å². The van der Waals surface area contributed by atoms with Gasteiger partial charge < -0.3 is 14.9 Å². The molecule has 0 unspecified atom stereocenters. The van der Waals surface area contributed by atoms with Gasteiger partial charge in [-0.3, -0.25) is 9.97 Å². The fraction of sp³-hybridized carbons (Fsp3) is 0. The number of benzene rings is 6. The molecule has 0 bridgehead atoms. The van der Waals surface area contributed by atoms with Crippen LogP contribution in [0.4, 0.5) is 0 Å². The van der Waals surface area contributed by atoms with Crippen molar-refractivity contribution in [2.75, 3.05) is 0 Å². The monoisotopic (exact) mass is 926 g/mol. The molecule has 9 aromatic rings. The first-order chi connectivity index (χ1) is 28.1. The first kappa shape index (κ1) is 39.1. The SMILES string of the molecule is O=C(O)c1[c-]cccc1.[Ir].[c-]1cc(-c2ccccc2-c2cc(-c3ccccc3-c3cccnc3)cc(-c3ccccc3-c3cccnc3)c2)ccc1-c1ccccn1. The minimum atomic E-state index is -0.935. The van der Waals surface area contributed by atoms with Gasteiger partial charge in [0.25, 0.3) is 0 Å². The number of aromatic nitrogens is 3. The van der Waals surface area contributed by atoms with Crippen LogP contribution < -0.4 is 0 Å². The van der Waals surface area contributed by atoms with E-state index in [-0.39, 0.29) is 25.7 Å². The second-order valence-electron chi connectivity index (χ2n) is 13.2. The van der Waals surface area contributed by atoms with Gasteiger partial charge in [-0.05, 0) is 86.6 Å². The van der Waals surface area contributed by atoms with Gasteiger partial charge in [0.2, 0.25) is 5.97 Å². The fourth-order valence-corrected chi connectivity index (χ4v) is 6.90. The molecule has 0 spiro atoms. The quantitative estimate of drug-likeness (QED) is 0.154. The maximum atomic E-state index is 10.2. The number of carboxylic acid groups (broad SMARTS) is 1. The van der Waals surface area contributed by atoms with Gasteiger partial charge in [-0.15, -0.1) is 60.2 Å². The maximum absolute atomic E-state index is 10.2. The molecule has 1 radical (unpaired) electrons. The molecule has 0 saturated carbocycles. The molecule has 0 aliphatic carbocycles. The van der Waals surface area contributed by atoms with Gasteiger partial charge in [0, 0.05) is 62.2 Å². The van der Waals surface area contributed by atoms with Gasteiger partial charge in [0.1, 0.15) is 0 Å². The first-order valence-corrected chi connectivity index (χ1v) is 18.5. The van der Waals surface area contributed by atoms with E-state index >= 15 is 0 Å². The summed E-state index contributed by atoms with van der Waals surface area (Å²) >= 11 is 0. The Balaban J connectivity index is 0.000000455. The predicted octanol–water partition coefficient (Wildman–Crippen LogP) is 12.5. The van der Waals surface area contributed by atoms with Crippen LogP contribution in [0.15, 0.2) is 207 Å². The zero-order chi connectivity index (χ0) is 38.8. The van der Waals surface area contributed by atoms with E-state index < -0.39 is 5.97 Å².